The quantitative estimate of drug-likeness (QED) is 0.645. The lowest BCUT2D eigenvalue weighted by molar-refractivity contribution is 0.284. The minimum absolute atomic E-state index is 0.306. The number of aliphatic hydroxyl groups is 1. The van der Waals surface area contributed by atoms with Crippen molar-refractivity contribution in [1.82, 2.24) is 5.32 Å². The van der Waals surface area contributed by atoms with Gasteiger partial charge < -0.3 is 10.4 Å². The van der Waals surface area contributed by atoms with E-state index in [4.69, 9.17) is 5.11 Å². The van der Waals surface area contributed by atoms with Crippen molar-refractivity contribution in [3.05, 3.63) is 35.9 Å². The van der Waals surface area contributed by atoms with Crippen LogP contribution in [0, 0.1) is 0 Å². The molecule has 0 radical (unpaired) electrons. The number of nitrogens with one attached hydrogen (secondary N) is 1. The summed E-state index contributed by atoms with van der Waals surface area (Å²) in [7, 11) is 0. The second-order valence-corrected chi connectivity index (χ2v) is 3.42. The van der Waals surface area contributed by atoms with Crippen LogP contribution in [0.1, 0.15) is 18.4 Å². The van der Waals surface area contributed by atoms with E-state index >= 15 is 0 Å². The van der Waals surface area contributed by atoms with Gasteiger partial charge in [-0.15, -0.1) is 0 Å². The maximum Gasteiger partial charge on any atom is 0.0431 e. The molecular weight excluding hydrogens is 174 g/mol. The molecule has 0 unspecified atom stereocenters. The fourth-order valence-corrected chi connectivity index (χ4v) is 1.36. The van der Waals surface area contributed by atoms with Crippen molar-refractivity contribution in [1.29, 1.82) is 0 Å². The summed E-state index contributed by atoms with van der Waals surface area (Å²) >= 11 is 0. The van der Waals surface area contributed by atoms with E-state index in [0.717, 1.165) is 32.4 Å². The van der Waals surface area contributed by atoms with Crippen molar-refractivity contribution in [3.63, 3.8) is 0 Å². The Balaban J connectivity index is 1.99. The van der Waals surface area contributed by atoms with E-state index in [9.17, 15) is 0 Å². The van der Waals surface area contributed by atoms with E-state index in [0.29, 0.717) is 6.61 Å². The lowest BCUT2D eigenvalue weighted by atomic mass is 10.1. The summed E-state index contributed by atoms with van der Waals surface area (Å²) in [5.41, 5.74) is 1.38. The lowest BCUT2D eigenvalue weighted by Gasteiger charge is -2.03. The van der Waals surface area contributed by atoms with Crippen molar-refractivity contribution in [2.75, 3.05) is 19.7 Å². The van der Waals surface area contributed by atoms with Gasteiger partial charge in [0.1, 0.15) is 0 Å². The van der Waals surface area contributed by atoms with Crippen LogP contribution in [0.4, 0.5) is 0 Å². The molecule has 0 spiro atoms. The van der Waals surface area contributed by atoms with Crippen LogP contribution in [0.5, 0.6) is 0 Å². The van der Waals surface area contributed by atoms with Crippen molar-refractivity contribution in [2.24, 2.45) is 0 Å². The van der Waals surface area contributed by atoms with Crippen molar-refractivity contribution in [3.8, 4) is 0 Å². The molecule has 0 atom stereocenters. The first-order valence-electron chi connectivity index (χ1n) is 5.29. The Morgan fingerprint density at radius 1 is 1.00 bits per heavy atom. The Kier molecular flexibility index (Phi) is 6.04. The normalized spacial score (nSPS) is 10.4. The lowest BCUT2D eigenvalue weighted by Crippen LogP contribution is -2.18. The first-order valence-corrected chi connectivity index (χ1v) is 5.29. The van der Waals surface area contributed by atoms with Crippen LogP contribution in [0.3, 0.4) is 0 Å². The molecule has 78 valence electrons. The van der Waals surface area contributed by atoms with E-state index in [1.807, 2.05) is 6.07 Å². The molecule has 0 saturated heterocycles. The molecule has 0 heterocycles. The van der Waals surface area contributed by atoms with Crippen LogP contribution in [-0.2, 0) is 6.42 Å². The molecule has 0 aliphatic heterocycles. The minimum atomic E-state index is 0.306. The van der Waals surface area contributed by atoms with Gasteiger partial charge in [-0.3, -0.25) is 0 Å². The smallest absolute Gasteiger partial charge is 0.0431 e. The average Bonchev–Trinajstić information content (AvgIpc) is 2.25. The third kappa shape index (κ3) is 5.00. The second-order valence-electron chi connectivity index (χ2n) is 3.42. The minimum Gasteiger partial charge on any atom is -0.396 e. The van der Waals surface area contributed by atoms with Gasteiger partial charge in [-0.25, -0.2) is 0 Å². The number of hydrogen-bond acceptors (Lipinski definition) is 2. The highest BCUT2D eigenvalue weighted by Crippen LogP contribution is 1.98. The monoisotopic (exact) mass is 193 g/mol. The number of rotatable bonds is 7. The number of unbranched alkanes of at least 4 members (excludes halogenated alkanes) is 1. The zero-order valence-corrected chi connectivity index (χ0v) is 8.58. The fraction of sp³-hybridized carbons (Fsp3) is 0.500. The molecule has 2 N–H and O–H groups in total. The van der Waals surface area contributed by atoms with Gasteiger partial charge in [0.15, 0.2) is 0 Å². The van der Waals surface area contributed by atoms with Crippen molar-refractivity contribution >= 4 is 0 Å². The summed E-state index contributed by atoms with van der Waals surface area (Å²) in [5.74, 6) is 0. The van der Waals surface area contributed by atoms with Gasteiger partial charge in [0.25, 0.3) is 0 Å². The Morgan fingerprint density at radius 2 is 1.79 bits per heavy atom. The van der Waals surface area contributed by atoms with E-state index in [1.54, 1.807) is 0 Å². The predicted octanol–water partition coefficient (Wildman–Crippen LogP) is 1.59. The maximum atomic E-state index is 8.57. The van der Waals surface area contributed by atoms with Crippen LogP contribution < -0.4 is 5.32 Å². The first-order chi connectivity index (χ1) is 6.93. The van der Waals surface area contributed by atoms with Gasteiger partial charge in [-0.2, -0.15) is 0 Å². The summed E-state index contributed by atoms with van der Waals surface area (Å²) in [4.78, 5) is 0. The molecule has 0 amide bonds. The van der Waals surface area contributed by atoms with Crippen molar-refractivity contribution in [2.45, 2.75) is 19.3 Å². The molecule has 0 aliphatic carbocycles. The van der Waals surface area contributed by atoms with Gasteiger partial charge in [-0.1, -0.05) is 30.3 Å². The van der Waals surface area contributed by atoms with Crippen LogP contribution in [0.25, 0.3) is 0 Å². The molecule has 0 aromatic heterocycles. The number of aliphatic hydroxyl groups excluding tert-OH is 1. The molecule has 1 aromatic rings. The summed E-state index contributed by atoms with van der Waals surface area (Å²) in [6, 6.07) is 10.5. The molecule has 1 rings (SSSR count). The highest BCUT2D eigenvalue weighted by atomic mass is 16.2. The van der Waals surface area contributed by atoms with E-state index in [-0.39, 0.29) is 0 Å². The number of hydrogen-bond donors (Lipinski definition) is 2. The molecule has 1 aromatic carbocycles. The van der Waals surface area contributed by atoms with Crippen molar-refractivity contribution < 1.29 is 5.11 Å². The van der Waals surface area contributed by atoms with Gasteiger partial charge >= 0.3 is 0 Å². The summed E-state index contributed by atoms with van der Waals surface area (Å²) < 4.78 is 0. The molecule has 0 bridgehead atoms. The third-order valence-corrected chi connectivity index (χ3v) is 2.19. The van der Waals surface area contributed by atoms with Gasteiger partial charge in [0, 0.05) is 6.61 Å². The fourth-order valence-electron chi connectivity index (χ4n) is 1.36. The van der Waals surface area contributed by atoms with E-state index in [2.05, 4.69) is 29.6 Å². The number of benzene rings is 1. The van der Waals surface area contributed by atoms with Crippen LogP contribution in [0.15, 0.2) is 30.3 Å². The maximum absolute atomic E-state index is 8.57. The van der Waals surface area contributed by atoms with Gasteiger partial charge in [0.05, 0.1) is 0 Å². The largest absolute Gasteiger partial charge is 0.396 e. The van der Waals surface area contributed by atoms with Crippen LogP contribution in [-0.4, -0.2) is 24.8 Å². The van der Waals surface area contributed by atoms with Gasteiger partial charge in [-0.05, 0) is 37.9 Å². The third-order valence-electron chi connectivity index (χ3n) is 2.19. The van der Waals surface area contributed by atoms with Gasteiger partial charge in [0.2, 0.25) is 0 Å². The zero-order chi connectivity index (χ0) is 10.1. The molecule has 2 nitrogen and oxygen atoms in total. The predicted molar refractivity (Wildman–Crippen MR) is 59.3 cm³/mol. The zero-order valence-electron chi connectivity index (χ0n) is 8.58. The Morgan fingerprint density at radius 3 is 2.50 bits per heavy atom. The highest BCUT2D eigenvalue weighted by Gasteiger charge is 1.91. The molecule has 2 heteroatoms. The molecule has 0 saturated carbocycles. The van der Waals surface area contributed by atoms with Crippen LogP contribution >= 0.6 is 0 Å². The average molecular weight is 193 g/mol. The van der Waals surface area contributed by atoms with E-state index in [1.165, 1.54) is 5.56 Å². The molecular formula is C12H19NO. The topological polar surface area (TPSA) is 32.3 Å². The standard InChI is InChI=1S/C12H19NO/c14-11-5-4-9-13-10-8-12-6-2-1-3-7-12/h1-3,6-7,13-14H,4-5,8-11H2. The Bertz CT molecular complexity index is 223. The van der Waals surface area contributed by atoms with E-state index < -0.39 is 0 Å². The Hall–Kier alpha value is -0.860. The SMILES string of the molecule is OCCCCNCCc1ccccc1. The Labute approximate surface area is 86.0 Å². The summed E-state index contributed by atoms with van der Waals surface area (Å²) in [6.45, 7) is 2.34. The molecule has 14 heavy (non-hydrogen) atoms. The molecule has 0 aliphatic rings. The summed E-state index contributed by atoms with van der Waals surface area (Å²) in [6.07, 6.45) is 3.05. The highest BCUT2D eigenvalue weighted by molar-refractivity contribution is 5.14. The van der Waals surface area contributed by atoms with Crippen LogP contribution in [0.2, 0.25) is 0 Å². The first kappa shape index (κ1) is 11.2. The second kappa shape index (κ2) is 7.54. The summed E-state index contributed by atoms with van der Waals surface area (Å²) in [5, 5.41) is 11.9. The molecule has 0 fully saturated rings.